The number of hydrogen-bond acceptors (Lipinski definition) is 4. The first-order chi connectivity index (χ1) is 13.1. The van der Waals surface area contributed by atoms with Gasteiger partial charge in [0, 0.05) is 18.7 Å². The summed E-state index contributed by atoms with van der Waals surface area (Å²) in [5.74, 6) is -0.863. The highest BCUT2D eigenvalue weighted by Gasteiger charge is 2.31. The molecule has 2 rings (SSSR count). The number of nitrogens with two attached hydrogens (primary N) is 1. The second-order valence-corrected chi connectivity index (χ2v) is 6.12. The minimum Gasteiger partial charge on any atom is -0.383 e. The van der Waals surface area contributed by atoms with Crippen LogP contribution < -0.4 is 21.9 Å². The number of nitrogens with zero attached hydrogens (tertiary/aromatic N) is 2. The van der Waals surface area contributed by atoms with Gasteiger partial charge in [-0.15, -0.1) is 0 Å². The number of anilines is 2. The summed E-state index contributed by atoms with van der Waals surface area (Å²) in [5, 5.41) is 0. The molecule has 0 unspecified atom stereocenters. The Hall–Kier alpha value is -3.04. The Morgan fingerprint density at radius 3 is 2.29 bits per heavy atom. The molecule has 0 aliphatic rings. The van der Waals surface area contributed by atoms with E-state index in [4.69, 9.17) is 5.73 Å². The molecular weight excluding hydrogens is 377 g/mol. The number of H-pyrrole nitrogens is 1. The molecule has 0 bridgehead atoms. The molecule has 152 valence electrons. The Bertz CT molecular complexity index is 962. The van der Waals surface area contributed by atoms with Crippen LogP contribution in [-0.4, -0.2) is 22.0 Å². The first-order valence-corrected chi connectivity index (χ1v) is 8.73. The molecule has 2 aromatic rings. The van der Waals surface area contributed by atoms with E-state index in [2.05, 4.69) is 4.98 Å². The van der Waals surface area contributed by atoms with E-state index >= 15 is 0 Å². The molecule has 1 heterocycles. The molecule has 0 aliphatic heterocycles. The predicted octanol–water partition coefficient (Wildman–Crippen LogP) is 2.60. The maximum atomic E-state index is 12.8. The van der Waals surface area contributed by atoms with E-state index in [1.165, 1.54) is 4.57 Å². The molecule has 28 heavy (non-hydrogen) atoms. The summed E-state index contributed by atoms with van der Waals surface area (Å²) in [7, 11) is 0. The number of halogens is 3. The Morgan fingerprint density at radius 2 is 1.79 bits per heavy atom. The number of amides is 1. The van der Waals surface area contributed by atoms with Crippen molar-refractivity contribution >= 4 is 17.4 Å². The van der Waals surface area contributed by atoms with Crippen molar-refractivity contribution in [3.63, 3.8) is 0 Å². The van der Waals surface area contributed by atoms with Crippen molar-refractivity contribution in [1.29, 1.82) is 0 Å². The lowest BCUT2D eigenvalue weighted by Gasteiger charge is -2.23. The number of alkyl halides is 3. The van der Waals surface area contributed by atoms with E-state index in [1.807, 2.05) is 6.92 Å². The van der Waals surface area contributed by atoms with Crippen LogP contribution in [0.1, 0.15) is 42.6 Å². The molecule has 0 radical (unpaired) electrons. The van der Waals surface area contributed by atoms with Gasteiger partial charge in [0.15, 0.2) is 5.69 Å². The van der Waals surface area contributed by atoms with Gasteiger partial charge in [0.1, 0.15) is 5.82 Å². The fourth-order valence-corrected chi connectivity index (χ4v) is 2.74. The Balaban J connectivity index is 2.49. The highest BCUT2D eigenvalue weighted by atomic mass is 19.4. The zero-order valence-electron chi connectivity index (χ0n) is 15.5. The third kappa shape index (κ3) is 4.26. The van der Waals surface area contributed by atoms with Crippen molar-refractivity contribution in [1.82, 2.24) is 9.55 Å². The van der Waals surface area contributed by atoms with E-state index in [1.54, 1.807) is 6.92 Å². The Labute approximate surface area is 158 Å². The van der Waals surface area contributed by atoms with Gasteiger partial charge in [-0.2, -0.15) is 13.2 Å². The van der Waals surface area contributed by atoms with Gasteiger partial charge in [0.25, 0.3) is 11.5 Å². The zero-order chi connectivity index (χ0) is 21.1. The number of carbonyl (C=O) groups excluding carboxylic acids is 1. The van der Waals surface area contributed by atoms with Gasteiger partial charge in [0.05, 0.1) is 5.56 Å². The van der Waals surface area contributed by atoms with Gasteiger partial charge in [-0.05, 0) is 37.6 Å². The minimum absolute atomic E-state index is 0.0269. The van der Waals surface area contributed by atoms with Crippen LogP contribution in [-0.2, 0) is 12.7 Å². The SMILES string of the molecule is CCCCn1c(N)c(N(CC)C(=O)c2ccc(C(F)(F)F)cc2)c(=O)[nH]c1=O. The lowest BCUT2D eigenvalue weighted by Crippen LogP contribution is -2.41. The van der Waals surface area contributed by atoms with Crippen molar-refractivity contribution in [2.75, 3.05) is 17.2 Å². The average molecular weight is 398 g/mol. The number of benzene rings is 1. The van der Waals surface area contributed by atoms with E-state index in [0.29, 0.717) is 6.42 Å². The number of aromatic nitrogens is 2. The van der Waals surface area contributed by atoms with Crippen LogP contribution >= 0.6 is 0 Å². The third-order valence-corrected chi connectivity index (χ3v) is 4.24. The lowest BCUT2D eigenvalue weighted by molar-refractivity contribution is -0.137. The van der Waals surface area contributed by atoms with Gasteiger partial charge < -0.3 is 10.6 Å². The topological polar surface area (TPSA) is 101 Å². The van der Waals surface area contributed by atoms with Crippen molar-refractivity contribution in [3.05, 3.63) is 56.2 Å². The number of nitrogens with one attached hydrogen (secondary N) is 1. The summed E-state index contributed by atoms with van der Waals surface area (Å²) in [6, 6.07) is 3.64. The maximum absolute atomic E-state index is 12.8. The van der Waals surface area contributed by atoms with Crippen LogP contribution in [0.4, 0.5) is 24.7 Å². The first-order valence-electron chi connectivity index (χ1n) is 8.73. The Morgan fingerprint density at radius 1 is 1.18 bits per heavy atom. The first kappa shape index (κ1) is 21.3. The predicted molar refractivity (Wildman–Crippen MR) is 99.4 cm³/mol. The lowest BCUT2D eigenvalue weighted by atomic mass is 10.1. The zero-order valence-corrected chi connectivity index (χ0v) is 15.5. The molecular formula is C18H21F3N4O3. The van der Waals surface area contributed by atoms with Gasteiger partial charge in [-0.1, -0.05) is 13.3 Å². The van der Waals surface area contributed by atoms with E-state index in [0.717, 1.165) is 35.6 Å². The summed E-state index contributed by atoms with van der Waals surface area (Å²) in [6.45, 7) is 3.79. The van der Waals surface area contributed by atoms with Crippen molar-refractivity contribution in [2.24, 2.45) is 0 Å². The molecule has 7 nitrogen and oxygen atoms in total. The molecule has 0 fully saturated rings. The van der Waals surface area contributed by atoms with Crippen LogP contribution in [0.3, 0.4) is 0 Å². The molecule has 1 amide bonds. The smallest absolute Gasteiger partial charge is 0.383 e. The molecule has 1 aromatic heterocycles. The van der Waals surface area contributed by atoms with Gasteiger partial charge in [-0.25, -0.2) is 4.79 Å². The van der Waals surface area contributed by atoms with Gasteiger partial charge in [-0.3, -0.25) is 19.1 Å². The Kier molecular flexibility index (Phi) is 6.32. The fourth-order valence-electron chi connectivity index (χ4n) is 2.74. The molecule has 0 aliphatic carbocycles. The van der Waals surface area contributed by atoms with E-state index in [-0.39, 0.29) is 30.2 Å². The number of nitrogen functional groups attached to an aromatic ring is 1. The molecule has 1 aromatic carbocycles. The monoisotopic (exact) mass is 398 g/mol. The average Bonchev–Trinajstić information content (AvgIpc) is 2.63. The van der Waals surface area contributed by atoms with Gasteiger partial charge in [0.2, 0.25) is 0 Å². The maximum Gasteiger partial charge on any atom is 0.416 e. The number of hydrogen-bond donors (Lipinski definition) is 2. The normalized spacial score (nSPS) is 11.5. The molecule has 0 saturated heterocycles. The highest BCUT2D eigenvalue weighted by Crippen LogP contribution is 2.29. The quantitative estimate of drug-likeness (QED) is 0.781. The highest BCUT2D eigenvalue weighted by molar-refractivity contribution is 6.07. The number of unbranched alkanes of at least 4 members (excludes halogenated alkanes) is 1. The van der Waals surface area contributed by atoms with E-state index < -0.39 is 28.9 Å². The summed E-state index contributed by atoms with van der Waals surface area (Å²) in [6.07, 6.45) is -3.11. The molecule has 10 heteroatoms. The van der Waals surface area contributed by atoms with Crippen LogP contribution in [0.25, 0.3) is 0 Å². The number of aromatic amines is 1. The van der Waals surface area contributed by atoms with Crippen LogP contribution in [0.15, 0.2) is 33.9 Å². The van der Waals surface area contributed by atoms with Crippen molar-refractivity contribution in [3.8, 4) is 0 Å². The second-order valence-electron chi connectivity index (χ2n) is 6.12. The number of carbonyl (C=O) groups is 1. The van der Waals surface area contributed by atoms with Crippen LogP contribution in [0.5, 0.6) is 0 Å². The molecule has 3 N–H and O–H groups in total. The van der Waals surface area contributed by atoms with Crippen LogP contribution in [0.2, 0.25) is 0 Å². The second kappa shape index (κ2) is 8.32. The fraction of sp³-hybridized carbons (Fsp3) is 0.389. The van der Waals surface area contributed by atoms with E-state index in [9.17, 15) is 27.6 Å². The standard InChI is InChI=1S/C18H21F3N4O3/c1-3-5-10-25-14(22)13(15(26)23-17(25)28)24(4-2)16(27)11-6-8-12(9-7-11)18(19,20)21/h6-9H,3-5,10,22H2,1-2H3,(H,23,26,28). The van der Waals surface area contributed by atoms with Crippen LogP contribution in [0, 0.1) is 0 Å². The minimum atomic E-state index is -4.53. The molecule has 0 spiro atoms. The summed E-state index contributed by atoms with van der Waals surface area (Å²) < 4.78 is 39.3. The summed E-state index contributed by atoms with van der Waals surface area (Å²) in [5.41, 5.74) is 3.34. The third-order valence-electron chi connectivity index (χ3n) is 4.24. The summed E-state index contributed by atoms with van der Waals surface area (Å²) in [4.78, 5) is 40.3. The molecule has 0 atom stereocenters. The largest absolute Gasteiger partial charge is 0.416 e. The molecule has 0 saturated carbocycles. The van der Waals surface area contributed by atoms with Crippen molar-refractivity contribution < 1.29 is 18.0 Å². The number of rotatable bonds is 6. The summed E-state index contributed by atoms with van der Waals surface area (Å²) >= 11 is 0. The van der Waals surface area contributed by atoms with Crippen molar-refractivity contribution in [2.45, 2.75) is 39.4 Å². The van der Waals surface area contributed by atoms with Gasteiger partial charge >= 0.3 is 11.9 Å².